The van der Waals surface area contributed by atoms with Crippen LogP contribution in [0.5, 0.6) is 5.75 Å². The Labute approximate surface area is 282 Å². The molecular formula is C35H49N5O8. The number of aliphatic carboxylic acids is 1. The molecule has 0 bridgehead atoms. The van der Waals surface area contributed by atoms with Crippen molar-refractivity contribution in [3.63, 3.8) is 0 Å². The smallest absolute Gasteiger partial charge is 0.409 e. The largest absolute Gasteiger partial charge is 0.490 e. The monoisotopic (exact) mass is 667 g/mol. The molecule has 2 N–H and O–H groups in total. The molecule has 1 aromatic carbocycles. The first-order valence-corrected chi connectivity index (χ1v) is 17.0. The molecule has 1 aromatic heterocycles. The Morgan fingerprint density at radius 1 is 0.958 bits per heavy atom. The topological polar surface area (TPSA) is 151 Å². The summed E-state index contributed by atoms with van der Waals surface area (Å²) in [5.74, 6) is -1.59. The number of rotatable bonds is 16. The van der Waals surface area contributed by atoms with Crippen LogP contribution < -0.4 is 10.1 Å². The van der Waals surface area contributed by atoms with Gasteiger partial charge in [-0.05, 0) is 25.7 Å². The Hall–Kier alpha value is -4.23. The molecule has 13 nitrogen and oxygen atoms in total. The van der Waals surface area contributed by atoms with Crippen molar-refractivity contribution in [1.82, 2.24) is 25.0 Å². The Morgan fingerprint density at radius 2 is 1.67 bits per heavy atom. The number of carbonyl (C=O) groups excluding carboxylic acids is 3. The van der Waals surface area contributed by atoms with E-state index < -0.39 is 29.9 Å². The molecule has 2 aliphatic heterocycles. The zero-order valence-corrected chi connectivity index (χ0v) is 28.1. The van der Waals surface area contributed by atoms with E-state index in [4.69, 9.17) is 14.2 Å². The Morgan fingerprint density at radius 3 is 2.33 bits per heavy atom. The Kier molecular flexibility index (Phi) is 14.4. The van der Waals surface area contributed by atoms with Crippen LogP contribution in [0.15, 0.2) is 42.5 Å². The number of hydrogen-bond acceptors (Lipinski definition) is 9. The fourth-order valence-corrected chi connectivity index (χ4v) is 5.80. The number of piperazine rings is 1. The highest BCUT2D eigenvalue weighted by Crippen LogP contribution is 2.26. The Balaban J connectivity index is 1.45. The van der Waals surface area contributed by atoms with Gasteiger partial charge in [0.05, 0.1) is 18.9 Å². The van der Waals surface area contributed by atoms with E-state index in [0.717, 1.165) is 57.3 Å². The van der Waals surface area contributed by atoms with Crippen LogP contribution in [0, 0.1) is 0 Å². The van der Waals surface area contributed by atoms with Crippen molar-refractivity contribution in [1.29, 1.82) is 0 Å². The molecule has 0 saturated carbocycles. The second kappa shape index (κ2) is 18.9. The first kappa shape index (κ1) is 36.6. The van der Waals surface area contributed by atoms with E-state index in [2.05, 4.69) is 22.1 Å². The molecule has 1 atom stereocenters. The summed E-state index contributed by atoms with van der Waals surface area (Å²) in [4.78, 5) is 61.3. The summed E-state index contributed by atoms with van der Waals surface area (Å²) in [5, 5.41) is 12.1. The van der Waals surface area contributed by atoms with Crippen LogP contribution in [-0.2, 0) is 19.1 Å². The van der Waals surface area contributed by atoms with E-state index in [-0.39, 0.29) is 50.8 Å². The summed E-state index contributed by atoms with van der Waals surface area (Å²) in [6.07, 6.45) is 3.60. The van der Waals surface area contributed by atoms with Crippen LogP contribution in [0.3, 0.4) is 0 Å². The maximum Gasteiger partial charge on any atom is 0.409 e. The van der Waals surface area contributed by atoms with Gasteiger partial charge in [-0.1, -0.05) is 50.1 Å². The average Bonchev–Trinajstić information content (AvgIpc) is 3.11. The number of amides is 3. The molecule has 2 fully saturated rings. The van der Waals surface area contributed by atoms with Gasteiger partial charge in [-0.15, -0.1) is 0 Å². The van der Waals surface area contributed by atoms with Crippen molar-refractivity contribution in [2.75, 3.05) is 66.1 Å². The highest BCUT2D eigenvalue weighted by atomic mass is 16.6. The number of unbranched alkanes of at least 4 members (excludes halogenated alkanes) is 2. The van der Waals surface area contributed by atoms with Gasteiger partial charge in [-0.25, -0.2) is 9.78 Å². The van der Waals surface area contributed by atoms with Crippen molar-refractivity contribution in [3.8, 4) is 17.0 Å². The standard InChI is InChI=1S/C35H49N5O8/c1-3-4-8-22-47-35(45)40-19-17-39(18-20-40)34(44)29(11-12-32(41)42)37-33(43)31-25-28(24-30(36-31)26-9-6-5-7-10-26)48-27-13-15-38(16-14-27)21-23-46-2/h5-7,9-10,24-25,27,29H,3-4,8,11-23H2,1-2H3,(H,37,43)(H,41,42)/t29-/m0/s1. The van der Waals surface area contributed by atoms with E-state index in [1.165, 1.54) is 0 Å². The van der Waals surface area contributed by atoms with Crippen LogP contribution in [0.4, 0.5) is 4.79 Å². The van der Waals surface area contributed by atoms with Crippen molar-refractivity contribution in [2.24, 2.45) is 0 Å². The number of piperidine rings is 1. The third kappa shape index (κ3) is 11.2. The zero-order chi connectivity index (χ0) is 34.3. The normalized spacial score (nSPS) is 16.3. The highest BCUT2D eigenvalue weighted by Gasteiger charge is 2.31. The van der Waals surface area contributed by atoms with Gasteiger partial charge in [-0.3, -0.25) is 14.4 Å². The number of carboxylic acid groups (broad SMARTS) is 1. The van der Waals surface area contributed by atoms with Crippen LogP contribution in [0.2, 0.25) is 0 Å². The van der Waals surface area contributed by atoms with Crippen LogP contribution in [-0.4, -0.2) is 127 Å². The van der Waals surface area contributed by atoms with Gasteiger partial charge in [0, 0.05) is 77.0 Å². The quantitative estimate of drug-likeness (QED) is 0.254. The number of pyridine rings is 1. The van der Waals surface area contributed by atoms with Gasteiger partial charge in [0.25, 0.3) is 5.91 Å². The van der Waals surface area contributed by atoms with Gasteiger partial charge in [-0.2, -0.15) is 0 Å². The van der Waals surface area contributed by atoms with Gasteiger partial charge < -0.3 is 39.3 Å². The number of carbonyl (C=O) groups is 4. The Bertz CT molecular complexity index is 1340. The average molecular weight is 668 g/mol. The molecule has 3 heterocycles. The number of carboxylic acids is 1. The molecule has 48 heavy (non-hydrogen) atoms. The maximum absolute atomic E-state index is 13.7. The fourth-order valence-electron chi connectivity index (χ4n) is 5.80. The van der Waals surface area contributed by atoms with Gasteiger partial charge in [0.2, 0.25) is 5.91 Å². The summed E-state index contributed by atoms with van der Waals surface area (Å²) < 4.78 is 16.9. The van der Waals surface area contributed by atoms with E-state index in [9.17, 15) is 24.3 Å². The maximum atomic E-state index is 13.7. The number of nitrogens with one attached hydrogen (secondary N) is 1. The molecule has 262 valence electrons. The summed E-state index contributed by atoms with van der Waals surface area (Å²) in [7, 11) is 1.69. The van der Waals surface area contributed by atoms with Crippen LogP contribution >= 0.6 is 0 Å². The lowest BCUT2D eigenvalue weighted by atomic mass is 10.1. The van der Waals surface area contributed by atoms with Crippen molar-refractivity contribution >= 4 is 23.9 Å². The van der Waals surface area contributed by atoms with Gasteiger partial charge in [0.1, 0.15) is 23.6 Å². The van der Waals surface area contributed by atoms with Gasteiger partial charge in [0.15, 0.2) is 0 Å². The second-order valence-corrected chi connectivity index (χ2v) is 12.2. The van der Waals surface area contributed by atoms with Crippen molar-refractivity contribution < 1.29 is 38.5 Å². The molecule has 0 radical (unpaired) electrons. The number of aromatic nitrogens is 1. The first-order chi connectivity index (χ1) is 23.3. The second-order valence-electron chi connectivity index (χ2n) is 12.2. The van der Waals surface area contributed by atoms with Gasteiger partial charge >= 0.3 is 12.1 Å². The minimum atomic E-state index is -1.09. The number of nitrogens with zero attached hydrogens (tertiary/aromatic N) is 4. The summed E-state index contributed by atoms with van der Waals surface area (Å²) in [5.41, 5.74) is 1.40. The summed E-state index contributed by atoms with van der Waals surface area (Å²) in [6.45, 7) is 6.77. The third-order valence-corrected chi connectivity index (χ3v) is 8.62. The lowest BCUT2D eigenvalue weighted by Gasteiger charge is -2.36. The first-order valence-electron chi connectivity index (χ1n) is 17.0. The predicted molar refractivity (Wildman–Crippen MR) is 179 cm³/mol. The van der Waals surface area contributed by atoms with Crippen LogP contribution in [0.1, 0.15) is 62.4 Å². The molecule has 0 aliphatic carbocycles. The number of methoxy groups -OCH3 is 1. The lowest BCUT2D eigenvalue weighted by Crippen LogP contribution is -2.56. The molecule has 0 spiro atoms. The number of ether oxygens (including phenoxy) is 3. The minimum Gasteiger partial charge on any atom is -0.490 e. The van der Waals surface area contributed by atoms with Crippen molar-refractivity contribution in [3.05, 3.63) is 48.2 Å². The third-order valence-electron chi connectivity index (χ3n) is 8.62. The van der Waals surface area contributed by atoms with E-state index >= 15 is 0 Å². The van der Waals surface area contributed by atoms with Crippen LogP contribution in [0.25, 0.3) is 11.3 Å². The zero-order valence-electron chi connectivity index (χ0n) is 28.1. The molecule has 3 amide bonds. The fraction of sp³-hybridized carbons (Fsp3) is 0.571. The molecule has 13 heteroatoms. The summed E-state index contributed by atoms with van der Waals surface area (Å²) >= 11 is 0. The SMILES string of the molecule is CCCCCOC(=O)N1CCN(C(=O)[C@H](CCC(=O)O)NC(=O)c2cc(OC3CCN(CCOC)CC3)cc(-c3ccccc3)n2)CC1. The molecular weight excluding hydrogens is 618 g/mol. The highest BCUT2D eigenvalue weighted by molar-refractivity contribution is 5.97. The van der Waals surface area contributed by atoms with E-state index in [0.29, 0.717) is 24.7 Å². The molecule has 0 unspecified atom stereocenters. The van der Waals surface area contributed by atoms with E-state index in [1.807, 2.05) is 36.4 Å². The number of likely N-dealkylation sites (tertiary alicyclic amines) is 1. The number of benzene rings is 1. The molecule has 2 aliphatic rings. The molecule has 2 saturated heterocycles. The molecule has 4 rings (SSSR count). The summed E-state index contributed by atoms with van der Waals surface area (Å²) in [6, 6.07) is 11.7. The number of hydrogen-bond donors (Lipinski definition) is 2. The van der Waals surface area contributed by atoms with E-state index in [1.54, 1.807) is 23.0 Å². The minimum absolute atomic E-state index is 0.0390. The lowest BCUT2D eigenvalue weighted by molar-refractivity contribution is -0.138. The predicted octanol–water partition coefficient (Wildman–Crippen LogP) is 3.67. The molecule has 2 aromatic rings. The van der Waals surface area contributed by atoms with Crippen molar-refractivity contribution in [2.45, 2.75) is 64.0 Å².